The van der Waals surface area contributed by atoms with E-state index in [4.69, 9.17) is 16.3 Å². The fourth-order valence-electron chi connectivity index (χ4n) is 2.94. The molecule has 0 saturated heterocycles. The lowest BCUT2D eigenvalue weighted by Crippen LogP contribution is -2.40. The minimum Gasteiger partial charge on any atom is -0.460 e. The fourth-order valence-corrected chi connectivity index (χ4v) is 3.84. The Balaban J connectivity index is 1.33. The molecule has 1 aromatic heterocycles. The van der Waals surface area contributed by atoms with E-state index in [1.54, 1.807) is 11.8 Å². The number of rotatable bonds is 7. The number of nitrogens with one attached hydrogen (secondary N) is 1. The van der Waals surface area contributed by atoms with Gasteiger partial charge >= 0.3 is 6.01 Å². The number of benzene rings is 1. The molecule has 0 atom stereocenters. The van der Waals surface area contributed by atoms with Gasteiger partial charge in [0, 0.05) is 11.8 Å². The Morgan fingerprint density at radius 1 is 1.15 bits per heavy atom. The lowest BCUT2D eigenvalue weighted by Gasteiger charge is -2.28. The first-order valence-electron chi connectivity index (χ1n) is 8.74. The summed E-state index contributed by atoms with van der Waals surface area (Å²) in [5.74, 6) is 1.45. The number of hydrogen-bond donors (Lipinski definition) is 1. The van der Waals surface area contributed by atoms with Gasteiger partial charge < -0.3 is 10.1 Å². The van der Waals surface area contributed by atoms with Crippen molar-refractivity contribution >= 4 is 29.3 Å². The molecule has 1 amide bonds. The van der Waals surface area contributed by atoms with Crippen LogP contribution in [0.4, 0.5) is 0 Å². The molecule has 1 aliphatic rings. The van der Waals surface area contributed by atoms with E-state index < -0.39 is 0 Å². The maximum atomic E-state index is 12.1. The van der Waals surface area contributed by atoms with Crippen LogP contribution in [0, 0.1) is 0 Å². The standard InChI is InChI=1S/C19H22ClN3O2S/c20-15-10-21-19(22-11-15)25-17-8-6-16(7-9-17)23-18(24)13-26-12-14-4-2-1-3-5-14/h1-5,10-11,16-17H,6-9,12-13H2,(H,23,24). The zero-order valence-corrected chi connectivity index (χ0v) is 16.0. The van der Waals surface area contributed by atoms with Crippen molar-refractivity contribution in [2.24, 2.45) is 0 Å². The van der Waals surface area contributed by atoms with E-state index in [-0.39, 0.29) is 18.1 Å². The maximum Gasteiger partial charge on any atom is 0.316 e. The van der Waals surface area contributed by atoms with Gasteiger partial charge in [-0.1, -0.05) is 41.9 Å². The zero-order chi connectivity index (χ0) is 18.2. The van der Waals surface area contributed by atoms with Crippen LogP contribution in [0.1, 0.15) is 31.2 Å². The van der Waals surface area contributed by atoms with Crippen LogP contribution in [0.15, 0.2) is 42.7 Å². The van der Waals surface area contributed by atoms with Gasteiger partial charge in [0.15, 0.2) is 0 Å². The summed E-state index contributed by atoms with van der Waals surface area (Å²) in [6.07, 6.45) is 6.74. The van der Waals surface area contributed by atoms with Crippen molar-refractivity contribution in [3.63, 3.8) is 0 Å². The highest BCUT2D eigenvalue weighted by Crippen LogP contribution is 2.22. The topological polar surface area (TPSA) is 64.1 Å². The van der Waals surface area contributed by atoms with E-state index in [1.807, 2.05) is 18.2 Å². The Morgan fingerprint density at radius 3 is 2.54 bits per heavy atom. The second-order valence-corrected chi connectivity index (χ2v) is 7.74. The van der Waals surface area contributed by atoms with Crippen molar-refractivity contribution in [1.82, 2.24) is 15.3 Å². The molecule has 5 nitrogen and oxygen atoms in total. The first kappa shape index (κ1) is 19.0. The molecule has 7 heteroatoms. The predicted molar refractivity (Wildman–Crippen MR) is 104 cm³/mol. The number of carbonyl (C=O) groups is 1. The summed E-state index contributed by atoms with van der Waals surface area (Å²) in [6, 6.07) is 10.8. The molecule has 1 N–H and O–H groups in total. The largest absolute Gasteiger partial charge is 0.460 e. The summed E-state index contributed by atoms with van der Waals surface area (Å²) in [6.45, 7) is 0. The van der Waals surface area contributed by atoms with Crippen molar-refractivity contribution in [1.29, 1.82) is 0 Å². The first-order chi connectivity index (χ1) is 12.7. The first-order valence-corrected chi connectivity index (χ1v) is 10.3. The minimum atomic E-state index is 0.0942. The normalized spacial score (nSPS) is 19.7. The van der Waals surface area contributed by atoms with Gasteiger partial charge in [-0.05, 0) is 31.2 Å². The third kappa shape index (κ3) is 6.18. The van der Waals surface area contributed by atoms with Crippen molar-refractivity contribution in [2.45, 2.75) is 43.6 Å². The van der Waals surface area contributed by atoms with Gasteiger partial charge in [-0.3, -0.25) is 4.79 Å². The molecule has 138 valence electrons. The number of carbonyl (C=O) groups excluding carboxylic acids is 1. The van der Waals surface area contributed by atoms with Gasteiger partial charge in [0.25, 0.3) is 0 Å². The Labute approximate surface area is 162 Å². The second kappa shape index (κ2) is 9.78. The van der Waals surface area contributed by atoms with Gasteiger partial charge in [0.2, 0.25) is 5.91 Å². The summed E-state index contributed by atoms with van der Waals surface area (Å²) < 4.78 is 5.78. The molecule has 1 aliphatic carbocycles. The van der Waals surface area contributed by atoms with Crippen LogP contribution in [-0.2, 0) is 10.5 Å². The average Bonchev–Trinajstić information content (AvgIpc) is 2.66. The zero-order valence-electron chi connectivity index (χ0n) is 14.4. The van der Waals surface area contributed by atoms with Crippen LogP contribution in [0.3, 0.4) is 0 Å². The minimum absolute atomic E-state index is 0.0942. The third-order valence-corrected chi connectivity index (χ3v) is 5.45. The highest BCUT2D eigenvalue weighted by molar-refractivity contribution is 7.99. The van der Waals surface area contributed by atoms with Gasteiger partial charge in [-0.2, -0.15) is 0 Å². The van der Waals surface area contributed by atoms with Crippen molar-refractivity contribution in [3.8, 4) is 6.01 Å². The van der Waals surface area contributed by atoms with Gasteiger partial charge in [0.1, 0.15) is 6.10 Å². The number of aromatic nitrogens is 2. The molecular weight excluding hydrogens is 370 g/mol. The quantitative estimate of drug-likeness (QED) is 0.776. The van der Waals surface area contributed by atoms with Gasteiger partial charge in [-0.25, -0.2) is 9.97 Å². The van der Waals surface area contributed by atoms with E-state index in [2.05, 4.69) is 27.4 Å². The van der Waals surface area contributed by atoms with Crippen LogP contribution in [0.25, 0.3) is 0 Å². The monoisotopic (exact) mass is 391 g/mol. The Hall–Kier alpha value is -1.79. The van der Waals surface area contributed by atoms with Crippen LogP contribution in [-0.4, -0.2) is 33.8 Å². The van der Waals surface area contributed by atoms with E-state index in [0.717, 1.165) is 31.4 Å². The molecule has 1 aromatic carbocycles. The van der Waals surface area contributed by atoms with E-state index >= 15 is 0 Å². The van der Waals surface area contributed by atoms with E-state index in [0.29, 0.717) is 16.8 Å². The van der Waals surface area contributed by atoms with Crippen molar-refractivity contribution in [2.75, 3.05) is 5.75 Å². The maximum absolute atomic E-state index is 12.1. The molecule has 2 aromatic rings. The number of thioether (sulfide) groups is 1. The Bertz CT molecular complexity index is 692. The molecular formula is C19H22ClN3O2S. The van der Waals surface area contributed by atoms with Crippen molar-refractivity contribution in [3.05, 3.63) is 53.3 Å². The lowest BCUT2D eigenvalue weighted by molar-refractivity contribution is -0.119. The van der Waals surface area contributed by atoms with E-state index in [9.17, 15) is 4.79 Å². The third-order valence-electron chi connectivity index (χ3n) is 4.25. The molecule has 1 heterocycles. The number of nitrogens with zero attached hydrogens (tertiary/aromatic N) is 2. The summed E-state index contributed by atoms with van der Waals surface area (Å²) in [7, 11) is 0. The van der Waals surface area contributed by atoms with E-state index in [1.165, 1.54) is 18.0 Å². The molecule has 0 radical (unpaired) electrons. The van der Waals surface area contributed by atoms with Crippen LogP contribution in [0.5, 0.6) is 6.01 Å². The fraction of sp³-hybridized carbons (Fsp3) is 0.421. The number of ether oxygens (including phenoxy) is 1. The Kier molecular flexibility index (Phi) is 7.14. The molecule has 1 fully saturated rings. The predicted octanol–water partition coefficient (Wildman–Crippen LogP) is 3.87. The second-order valence-electron chi connectivity index (χ2n) is 6.32. The molecule has 1 saturated carbocycles. The number of amides is 1. The highest BCUT2D eigenvalue weighted by Gasteiger charge is 2.24. The Morgan fingerprint density at radius 2 is 1.85 bits per heavy atom. The molecule has 26 heavy (non-hydrogen) atoms. The van der Waals surface area contributed by atoms with Crippen LogP contribution >= 0.6 is 23.4 Å². The smallest absolute Gasteiger partial charge is 0.316 e. The van der Waals surface area contributed by atoms with Gasteiger partial charge in [0.05, 0.1) is 23.2 Å². The molecule has 3 rings (SSSR count). The number of hydrogen-bond acceptors (Lipinski definition) is 5. The molecule has 0 aliphatic heterocycles. The lowest BCUT2D eigenvalue weighted by atomic mass is 9.93. The summed E-state index contributed by atoms with van der Waals surface area (Å²) in [5, 5.41) is 3.63. The average molecular weight is 392 g/mol. The SMILES string of the molecule is O=C(CSCc1ccccc1)NC1CCC(Oc2ncc(Cl)cn2)CC1. The summed E-state index contributed by atoms with van der Waals surface area (Å²) in [4.78, 5) is 20.2. The van der Waals surface area contributed by atoms with Crippen LogP contribution in [0.2, 0.25) is 5.02 Å². The van der Waals surface area contributed by atoms with Gasteiger partial charge in [-0.15, -0.1) is 11.8 Å². The summed E-state index contributed by atoms with van der Waals surface area (Å²) in [5.41, 5.74) is 1.24. The summed E-state index contributed by atoms with van der Waals surface area (Å²) >= 11 is 7.41. The van der Waals surface area contributed by atoms with Crippen molar-refractivity contribution < 1.29 is 9.53 Å². The van der Waals surface area contributed by atoms with Crippen LogP contribution < -0.4 is 10.1 Å². The molecule has 0 spiro atoms. The molecule has 0 bridgehead atoms. The highest BCUT2D eigenvalue weighted by atomic mass is 35.5. The molecule has 0 unspecified atom stereocenters. The number of halogens is 1.